The molecule has 6 heteroatoms. The van der Waals surface area contributed by atoms with Crippen LogP contribution in [0, 0.1) is 4.77 Å². The fourth-order valence-corrected chi connectivity index (χ4v) is 2.08. The minimum atomic E-state index is -0.292. The van der Waals surface area contributed by atoms with Gasteiger partial charge in [0.05, 0.1) is 0 Å². The summed E-state index contributed by atoms with van der Waals surface area (Å²) in [6.07, 6.45) is 0. The molecule has 0 atom stereocenters. The van der Waals surface area contributed by atoms with Gasteiger partial charge in [-0.2, -0.15) is 0 Å². The molecule has 1 heterocycles. The van der Waals surface area contributed by atoms with Gasteiger partial charge < -0.3 is 5.11 Å². The van der Waals surface area contributed by atoms with Crippen LogP contribution in [0.15, 0.2) is 9.27 Å². The van der Waals surface area contributed by atoms with E-state index in [2.05, 4.69) is 15.9 Å². The Kier molecular flexibility index (Phi) is 3.49. The molecule has 0 aliphatic rings. The lowest BCUT2D eigenvalue weighted by atomic mass is 10.5. The summed E-state index contributed by atoms with van der Waals surface area (Å²) < 4.78 is 3.45. The molecule has 0 saturated heterocycles. The summed E-state index contributed by atoms with van der Waals surface area (Å²) in [5, 5.41) is 9.62. The first kappa shape index (κ1) is 11.5. The van der Waals surface area contributed by atoms with Crippen LogP contribution in [0.4, 0.5) is 0 Å². The van der Waals surface area contributed by atoms with Crippen LogP contribution in [0.2, 0.25) is 0 Å². The normalized spacial score (nSPS) is 10.5. The molecule has 0 unspecified atom stereocenters. The molecular weight excluding hydrogens is 268 g/mol. The third-order valence-corrected chi connectivity index (χ3v) is 3.11. The molecule has 0 fully saturated rings. The maximum atomic E-state index is 11.6. The van der Waals surface area contributed by atoms with E-state index in [0.717, 1.165) is 0 Å². The first-order chi connectivity index (χ1) is 6.54. The summed E-state index contributed by atoms with van der Waals surface area (Å²) in [5.74, 6) is -0.104. The number of hydrogen-bond donors (Lipinski definition) is 1. The number of aromatic nitrogens is 2. The van der Waals surface area contributed by atoms with Gasteiger partial charge in [0.15, 0.2) is 4.77 Å². The highest BCUT2D eigenvalue weighted by Crippen LogP contribution is 2.19. The minimum Gasteiger partial charge on any atom is -0.493 e. The van der Waals surface area contributed by atoms with Crippen LogP contribution in [0.1, 0.15) is 13.8 Å². The molecule has 0 aliphatic carbocycles. The Balaban J connectivity index is 3.74. The van der Waals surface area contributed by atoms with Gasteiger partial charge in [0, 0.05) is 13.1 Å². The van der Waals surface area contributed by atoms with Crippen LogP contribution in [0.25, 0.3) is 0 Å². The van der Waals surface area contributed by atoms with Crippen molar-refractivity contribution >= 4 is 28.1 Å². The predicted octanol–water partition coefficient (Wildman–Crippen LogP) is 1.89. The molecule has 4 nitrogen and oxygen atoms in total. The number of hydrogen-bond acceptors (Lipinski definition) is 3. The molecule has 0 saturated carbocycles. The quantitative estimate of drug-likeness (QED) is 0.841. The van der Waals surface area contributed by atoms with Gasteiger partial charge in [-0.05, 0) is 42.0 Å². The van der Waals surface area contributed by atoms with Crippen LogP contribution < -0.4 is 5.56 Å². The van der Waals surface area contributed by atoms with E-state index in [1.165, 1.54) is 9.13 Å². The van der Waals surface area contributed by atoms with E-state index < -0.39 is 0 Å². The summed E-state index contributed by atoms with van der Waals surface area (Å²) in [7, 11) is 0. The molecule has 0 aliphatic heterocycles. The van der Waals surface area contributed by atoms with E-state index in [1.54, 1.807) is 0 Å². The first-order valence-corrected chi connectivity index (χ1v) is 5.46. The largest absolute Gasteiger partial charge is 0.493 e. The van der Waals surface area contributed by atoms with Crippen LogP contribution in [0.5, 0.6) is 5.88 Å². The summed E-state index contributed by atoms with van der Waals surface area (Å²) in [6.45, 7) is 4.72. The van der Waals surface area contributed by atoms with Crippen molar-refractivity contribution in [2.75, 3.05) is 0 Å². The second kappa shape index (κ2) is 4.27. The van der Waals surface area contributed by atoms with Crippen molar-refractivity contribution < 1.29 is 5.11 Å². The van der Waals surface area contributed by atoms with Crippen molar-refractivity contribution in [1.82, 2.24) is 9.13 Å². The zero-order valence-electron chi connectivity index (χ0n) is 7.95. The lowest BCUT2D eigenvalue weighted by molar-refractivity contribution is 0.396. The van der Waals surface area contributed by atoms with Crippen molar-refractivity contribution in [2.45, 2.75) is 26.9 Å². The van der Waals surface area contributed by atoms with Gasteiger partial charge in [-0.1, -0.05) is 0 Å². The molecule has 1 aromatic rings. The van der Waals surface area contributed by atoms with Gasteiger partial charge in [0.1, 0.15) is 4.47 Å². The first-order valence-electron chi connectivity index (χ1n) is 4.26. The van der Waals surface area contributed by atoms with Gasteiger partial charge in [0.2, 0.25) is 5.88 Å². The third-order valence-electron chi connectivity index (χ3n) is 1.98. The molecule has 78 valence electrons. The second-order valence-electron chi connectivity index (χ2n) is 2.71. The Morgan fingerprint density at radius 1 is 1.36 bits per heavy atom. The lowest BCUT2D eigenvalue weighted by Gasteiger charge is -2.12. The summed E-state index contributed by atoms with van der Waals surface area (Å²) >= 11 is 8.12. The van der Waals surface area contributed by atoms with E-state index >= 15 is 0 Å². The monoisotopic (exact) mass is 278 g/mol. The van der Waals surface area contributed by atoms with Gasteiger partial charge in [-0.3, -0.25) is 13.9 Å². The molecule has 0 radical (unpaired) electrons. The summed E-state index contributed by atoms with van der Waals surface area (Å²) in [5.41, 5.74) is -0.292. The standard InChI is InChI=1S/C8H11BrN2O2S/c1-3-10-6(12)5(9)7(13)11(4-2)8(10)14/h12H,3-4H2,1-2H3. The topological polar surface area (TPSA) is 47.2 Å². The van der Waals surface area contributed by atoms with E-state index in [-0.39, 0.29) is 15.9 Å². The van der Waals surface area contributed by atoms with Gasteiger partial charge in [-0.15, -0.1) is 0 Å². The number of aromatic hydroxyl groups is 1. The molecule has 0 spiro atoms. The van der Waals surface area contributed by atoms with Gasteiger partial charge >= 0.3 is 0 Å². The van der Waals surface area contributed by atoms with Crippen LogP contribution in [-0.4, -0.2) is 14.2 Å². The van der Waals surface area contributed by atoms with E-state index in [0.29, 0.717) is 17.9 Å². The smallest absolute Gasteiger partial charge is 0.272 e. The summed E-state index contributed by atoms with van der Waals surface area (Å²) in [6, 6.07) is 0. The molecule has 1 N–H and O–H groups in total. The van der Waals surface area contributed by atoms with E-state index in [4.69, 9.17) is 12.2 Å². The average molecular weight is 279 g/mol. The maximum Gasteiger partial charge on any atom is 0.272 e. The lowest BCUT2D eigenvalue weighted by Crippen LogP contribution is -2.25. The molecule has 1 aromatic heterocycles. The van der Waals surface area contributed by atoms with Crippen LogP contribution >= 0.6 is 28.1 Å². The van der Waals surface area contributed by atoms with Crippen LogP contribution in [-0.2, 0) is 13.1 Å². The van der Waals surface area contributed by atoms with Crippen molar-refractivity contribution in [2.24, 2.45) is 0 Å². The zero-order valence-corrected chi connectivity index (χ0v) is 10.4. The molecule has 14 heavy (non-hydrogen) atoms. The SMILES string of the molecule is CCn1c(O)c(Br)c(=O)n(CC)c1=S. The fraction of sp³-hybridized carbons (Fsp3) is 0.500. The average Bonchev–Trinajstić information content (AvgIpc) is 2.16. The number of rotatable bonds is 2. The third kappa shape index (κ3) is 1.64. The minimum absolute atomic E-state index is 0.104. The molecule has 1 rings (SSSR count). The Hall–Kier alpha value is -0.620. The summed E-state index contributed by atoms with van der Waals surface area (Å²) in [4.78, 5) is 11.6. The highest BCUT2D eigenvalue weighted by atomic mass is 79.9. The Bertz CT molecular complexity index is 464. The molecule has 0 amide bonds. The van der Waals surface area contributed by atoms with Gasteiger partial charge in [0.25, 0.3) is 5.56 Å². The Morgan fingerprint density at radius 2 is 1.86 bits per heavy atom. The molecule has 0 bridgehead atoms. The fourth-order valence-electron chi connectivity index (χ4n) is 1.22. The number of halogens is 1. The van der Waals surface area contributed by atoms with E-state index in [9.17, 15) is 9.90 Å². The van der Waals surface area contributed by atoms with Crippen molar-refractivity contribution in [3.05, 3.63) is 19.6 Å². The van der Waals surface area contributed by atoms with Crippen molar-refractivity contribution in [1.29, 1.82) is 0 Å². The highest BCUT2D eigenvalue weighted by molar-refractivity contribution is 9.10. The van der Waals surface area contributed by atoms with Crippen LogP contribution in [0.3, 0.4) is 0 Å². The maximum absolute atomic E-state index is 11.6. The zero-order chi connectivity index (χ0) is 10.9. The molecular formula is C8H11BrN2O2S. The van der Waals surface area contributed by atoms with Crippen molar-refractivity contribution in [3.8, 4) is 5.88 Å². The highest BCUT2D eigenvalue weighted by Gasteiger charge is 2.12. The Labute approximate surface area is 94.9 Å². The Morgan fingerprint density at radius 3 is 2.29 bits per heavy atom. The van der Waals surface area contributed by atoms with Gasteiger partial charge in [-0.25, -0.2) is 0 Å². The van der Waals surface area contributed by atoms with Crippen molar-refractivity contribution in [3.63, 3.8) is 0 Å². The predicted molar refractivity (Wildman–Crippen MR) is 60.2 cm³/mol. The number of nitrogens with zero attached hydrogens (tertiary/aromatic N) is 2. The second-order valence-corrected chi connectivity index (χ2v) is 3.87. The molecule has 0 aromatic carbocycles. The van der Waals surface area contributed by atoms with E-state index in [1.807, 2.05) is 13.8 Å².